The molecule has 1 aromatic carbocycles. The van der Waals surface area contributed by atoms with E-state index in [1.54, 1.807) is 12.0 Å². The van der Waals surface area contributed by atoms with Crippen LogP contribution in [-0.4, -0.2) is 57.0 Å². The van der Waals surface area contributed by atoms with Crippen LogP contribution in [0.25, 0.3) is 0 Å². The number of methoxy groups -OCH3 is 1. The van der Waals surface area contributed by atoms with Gasteiger partial charge in [-0.25, -0.2) is 0 Å². The van der Waals surface area contributed by atoms with Crippen LogP contribution >= 0.6 is 0 Å². The van der Waals surface area contributed by atoms with Crippen LogP contribution in [0.5, 0.6) is 5.75 Å². The molecule has 0 aliphatic rings. The fourth-order valence-electron chi connectivity index (χ4n) is 2.20. The minimum Gasteiger partial charge on any atom is -0.496 e. The van der Waals surface area contributed by atoms with E-state index in [9.17, 15) is 4.79 Å². The highest BCUT2D eigenvalue weighted by molar-refractivity contribution is 5.88. The van der Waals surface area contributed by atoms with E-state index in [1.807, 2.05) is 59.3 Å². The van der Waals surface area contributed by atoms with Crippen molar-refractivity contribution in [3.8, 4) is 5.75 Å². The lowest BCUT2D eigenvalue weighted by atomic mass is 9.82. The second kappa shape index (κ2) is 6.75. The van der Waals surface area contributed by atoms with Crippen molar-refractivity contribution in [2.24, 2.45) is 0 Å². The van der Waals surface area contributed by atoms with E-state index in [0.29, 0.717) is 6.54 Å². The van der Waals surface area contributed by atoms with E-state index in [-0.39, 0.29) is 5.91 Å². The minimum atomic E-state index is -0.604. The monoisotopic (exact) mass is 278 g/mol. The Hall–Kier alpha value is -1.55. The zero-order chi connectivity index (χ0) is 15.3. The Labute approximate surface area is 122 Å². The van der Waals surface area contributed by atoms with E-state index < -0.39 is 5.41 Å². The number of carbonyl (C=O) groups is 1. The maximum atomic E-state index is 12.7. The molecular weight excluding hydrogens is 252 g/mol. The molecule has 0 heterocycles. The van der Waals surface area contributed by atoms with Gasteiger partial charge in [-0.2, -0.15) is 0 Å². The van der Waals surface area contributed by atoms with E-state index in [1.165, 1.54) is 0 Å². The molecule has 0 saturated heterocycles. The molecule has 0 spiro atoms. The van der Waals surface area contributed by atoms with Crippen LogP contribution in [0.3, 0.4) is 0 Å². The molecule has 1 amide bonds. The van der Waals surface area contributed by atoms with Gasteiger partial charge < -0.3 is 14.5 Å². The van der Waals surface area contributed by atoms with Crippen LogP contribution in [0.15, 0.2) is 24.3 Å². The van der Waals surface area contributed by atoms with Crippen molar-refractivity contribution < 1.29 is 9.53 Å². The molecule has 4 heteroatoms. The summed E-state index contributed by atoms with van der Waals surface area (Å²) in [6, 6.07) is 7.70. The molecule has 0 radical (unpaired) electrons. The summed E-state index contributed by atoms with van der Waals surface area (Å²) >= 11 is 0. The molecule has 4 nitrogen and oxygen atoms in total. The molecule has 0 unspecified atom stereocenters. The van der Waals surface area contributed by atoms with E-state index in [0.717, 1.165) is 17.9 Å². The molecule has 0 aliphatic heterocycles. The predicted octanol–water partition coefficient (Wildman–Crippen LogP) is 1.99. The first kappa shape index (κ1) is 16.5. The lowest BCUT2D eigenvalue weighted by Gasteiger charge is -2.31. The van der Waals surface area contributed by atoms with Crippen molar-refractivity contribution in [1.29, 1.82) is 0 Å². The maximum absolute atomic E-state index is 12.7. The molecule has 0 N–H and O–H groups in total. The van der Waals surface area contributed by atoms with Crippen molar-refractivity contribution >= 4 is 5.91 Å². The average molecular weight is 278 g/mol. The van der Waals surface area contributed by atoms with Gasteiger partial charge in [-0.3, -0.25) is 4.79 Å². The molecule has 1 rings (SSSR count). The van der Waals surface area contributed by atoms with Crippen molar-refractivity contribution in [3.05, 3.63) is 29.8 Å². The van der Waals surface area contributed by atoms with Gasteiger partial charge in [-0.05, 0) is 34.0 Å². The topological polar surface area (TPSA) is 32.8 Å². The number of benzene rings is 1. The van der Waals surface area contributed by atoms with Gasteiger partial charge in [-0.1, -0.05) is 18.2 Å². The third-order valence-electron chi connectivity index (χ3n) is 3.54. The molecule has 112 valence electrons. The van der Waals surface area contributed by atoms with E-state index in [2.05, 4.69) is 4.90 Å². The van der Waals surface area contributed by atoms with Crippen LogP contribution in [0.2, 0.25) is 0 Å². The second-order valence-corrected chi connectivity index (χ2v) is 5.86. The number of amides is 1. The summed E-state index contributed by atoms with van der Waals surface area (Å²) in [5.74, 6) is 0.857. The second-order valence-electron chi connectivity index (χ2n) is 5.86. The molecule has 0 saturated carbocycles. The van der Waals surface area contributed by atoms with Gasteiger partial charge in [0.15, 0.2) is 0 Å². The average Bonchev–Trinajstić information content (AvgIpc) is 2.43. The molecule has 1 aromatic rings. The number of carbonyl (C=O) groups excluding carboxylic acids is 1. The largest absolute Gasteiger partial charge is 0.496 e. The first-order chi connectivity index (χ1) is 9.30. The maximum Gasteiger partial charge on any atom is 0.232 e. The normalized spacial score (nSPS) is 11.6. The van der Waals surface area contributed by atoms with E-state index >= 15 is 0 Å². The first-order valence-corrected chi connectivity index (χ1v) is 6.84. The number of nitrogens with zero attached hydrogens (tertiary/aromatic N) is 2. The Morgan fingerprint density at radius 1 is 1.15 bits per heavy atom. The van der Waals surface area contributed by atoms with Crippen LogP contribution in [-0.2, 0) is 10.2 Å². The third kappa shape index (κ3) is 3.73. The SMILES string of the molecule is COc1ccccc1C(C)(C)C(=O)N(C)CCN(C)C. The number of likely N-dealkylation sites (N-methyl/N-ethyl adjacent to an activating group) is 2. The van der Waals surface area contributed by atoms with Gasteiger partial charge in [0.25, 0.3) is 0 Å². The summed E-state index contributed by atoms with van der Waals surface area (Å²) in [6.45, 7) is 5.45. The van der Waals surface area contributed by atoms with Crippen LogP contribution in [0, 0.1) is 0 Å². The molecule has 0 aliphatic carbocycles. The number of ether oxygens (including phenoxy) is 1. The van der Waals surface area contributed by atoms with Gasteiger partial charge in [0.1, 0.15) is 5.75 Å². The lowest BCUT2D eigenvalue weighted by Crippen LogP contribution is -2.43. The number of hydrogen-bond donors (Lipinski definition) is 0. The van der Waals surface area contributed by atoms with Gasteiger partial charge in [0.2, 0.25) is 5.91 Å². The van der Waals surface area contributed by atoms with Crippen molar-refractivity contribution in [2.45, 2.75) is 19.3 Å². The first-order valence-electron chi connectivity index (χ1n) is 6.84. The molecular formula is C16H26N2O2. The van der Waals surface area contributed by atoms with Crippen molar-refractivity contribution in [2.75, 3.05) is 41.3 Å². The minimum absolute atomic E-state index is 0.101. The molecule has 0 aromatic heterocycles. The smallest absolute Gasteiger partial charge is 0.232 e. The highest BCUT2D eigenvalue weighted by Crippen LogP contribution is 2.32. The molecule has 0 bridgehead atoms. The van der Waals surface area contributed by atoms with Crippen LogP contribution < -0.4 is 4.74 Å². The summed E-state index contributed by atoms with van der Waals surface area (Å²) in [5.41, 5.74) is 0.317. The van der Waals surface area contributed by atoms with Crippen LogP contribution in [0.1, 0.15) is 19.4 Å². The Kier molecular flexibility index (Phi) is 5.57. The standard InChI is InChI=1S/C16H26N2O2/c1-16(2,13-9-7-8-10-14(13)20-6)15(19)18(5)12-11-17(3)4/h7-10H,11-12H2,1-6H3. The van der Waals surface area contributed by atoms with Gasteiger partial charge >= 0.3 is 0 Å². The van der Waals surface area contributed by atoms with Gasteiger partial charge in [-0.15, -0.1) is 0 Å². The van der Waals surface area contributed by atoms with Crippen LogP contribution in [0.4, 0.5) is 0 Å². The quantitative estimate of drug-likeness (QED) is 0.798. The summed E-state index contributed by atoms with van der Waals surface area (Å²) < 4.78 is 5.38. The predicted molar refractivity (Wildman–Crippen MR) is 82.2 cm³/mol. The fraction of sp³-hybridized carbons (Fsp3) is 0.562. The molecule has 0 fully saturated rings. The fourth-order valence-corrected chi connectivity index (χ4v) is 2.20. The number of para-hydroxylation sites is 1. The van der Waals surface area contributed by atoms with E-state index in [4.69, 9.17) is 4.74 Å². The Morgan fingerprint density at radius 3 is 2.30 bits per heavy atom. The molecule has 20 heavy (non-hydrogen) atoms. The summed E-state index contributed by atoms with van der Waals surface area (Å²) in [5, 5.41) is 0. The van der Waals surface area contributed by atoms with Crippen molar-refractivity contribution in [3.63, 3.8) is 0 Å². The zero-order valence-corrected chi connectivity index (χ0v) is 13.4. The lowest BCUT2D eigenvalue weighted by molar-refractivity contribution is -0.135. The molecule has 0 atom stereocenters. The summed E-state index contributed by atoms with van der Waals surface area (Å²) in [6.07, 6.45) is 0. The zero-order valence-electron chi connectivity index (χ0n) is 13.4. The Bertz CT molecular complexity index is 456. The highest BCUT2D eigenvalue weighted by atomic mass is 16.5. The summed E-state index contributed by atoms with van der Waals surface area (Å²) in [4.78, 5) is 16.6. The Morgan fingerprint density at radius 2 is 1.75 bits per heavy atom. The van der Waals surface area contributed by atoms with Gasteiger partial charge in [0.05, 0.1) is 12.5 Å². The highest BCUT2D eigenvalue weighted by Gasteiger charge is 2.34. The summed E-state index contributed by atoms with van der Waals surface area (Å²) in [7, 11) is 7.49. The van der Waals surface area contributed by atoms with Crippen molar-refractivity contribution in [1.82, 2.24) is 9.80 Å². The van der Waals surface area contributed by atoms with Gasteiger partial charge in [0, 0.05) is 25.7 Å². The number of rotatable bonds is 6. The number of hydrogen-bond acceptors (Lipinski definition) is 3. The Balaban J connectivity index is 2.94. The third-order valence-corrected chi connectivity index (χ3v) is 3.54.